The van der Waals surface area contributed by atoms with Crippen molar-refractivity contribution < 1.29 is 71.1 Å². The molecule has 0 atom stereocenters. The molecule has 1 radical (unpaired) electrons. The van der Waals surface area contributed by atoms with Crippen LogP contribution in [0.15, 0.2) is 44.6 Å². The van der Waals surface area contributed by atoms with E-state index in [-0.39, 0.29) is 108 Å². The smallest absolute Gasteiger partial charge is 0.256 e. The van der Waals surface area contributed by atoms with E-state index in [0.29, 0.717) is 44.6 Å². The van der Waals surface area contributed by atoms with Gasteiger partial charge in [-0.15, -0.1) is 0 Å². The average molecular weight is 844 g/mol. The van der Waals surface area contributed by atoms with E-state index < -0.39 is 23.6 Å². The van der Waals surface area contributed by atoms with Crippen LogP contribution in [-0.2, 0) is 71.1 Å². The summed E-state index contributed by atoms with van der Waals surface area (Å²) in [6, 6.07) is 0. The number of nitrogens with zero attached hydrogens (tertiary/aromatic N) is 4. The van der Waals surface area contributed by atoms with Crippen molar-refractivity contribution in [2.45, 2.75) is 161 Å². The first kappa shape index (κ1) is 75.5. The Kier molecular flexibility index (Phi) is 51.2. The van der Waals surface area contributed by atoms with Crippen LogP contribution in [0.2, 0.25) is 0 Å². The van der Waals surface area contributed by atoms with Crippen molar-refractivity contribution in [2.24, 2.45) is 0 Å². The summed E-state index contributed by atoms with van der Waals surface area (Å²) in [5.74, 6) is -2.28. The van der Waals surface area contributed by atoms with E-state index in [1.165, 1.54) is 39.8 Å². The molecule has 4 aliphatic rings. The van der Waals surface area contributed by atoms with Gasteiger partial charge in [-0.3, -0.25) is 29.0 Å². The number of carbonyl (C=O) groups excluding carboxylic acids is 8. The molecule has 0 aromatic heterocycles. The fourth-order valence-corrected chi connectivity index (χ4v) is 2.99. The molecule has 4 rings (SSSR count). The molecule has 0 saturated heterocycles. The minimum absolute atomic E-state index is 0. The maximum absolute atomic E-state index is 11.0. The van der Waals surface area contributed by atoms with Gasteiger partial charge in [-0.1, -0.05) is 105 Å². The Morgan fingerprint density at radius 1 is 0.333 bits per heavy atom. The number of carbonyl (C=O) groups is 8. The average Bonchev–Trinajstić information content (AvgIpc) is 3.54. The van der Waals surface area contributed by atoms with Gasteiger partial charge in [0.1, 0.15) is 0 Å². The molecule has 0 bridgehead atoms. The van der Waals surface area contributed by atoms with E-state index in [4.69, 9.17) is 0 Å². The zero-order valence-corrected chi connectivity index (χ0v) is 33.3. The van der Waals surface area contributed by atoms with Gasteiger partial charge in [0.2, 0.25) is 0 Å². The molecule has 0 aromatic rings. The minimum Gasteiger partial charge on any atom is -0.588 e. The van der Waals surface area contributed by atoms with Gasteiger partial charge >= 0.3 is 0 Å². The molecular weight excluding hydrogens is 765 g/mol. The van der Waals surface area contributed by atoms with Crippen LogP contribution >= 0.6 is 0 Å². The molecule has 13 heteroatoms. The fourth-order valence-electron chi connectivity index (χ4n) is 2.99. The molecule has 0 aromatic carbocycles. The van der Waals surface area contributed by atoms with Crippen molar-refractivity contribution >= 4 is 47.3 Å². The zero-order valence-electron chi connectivity index (χ0n) is 30.5. The maximum atomic E-state index is 11.0. The van der Waals surface area contributed by atoms with Crippen molar-refractivity contribution in [2.75, 3.05) is 14.1 Å². The van der Waals surface area contributed by atoms with Crippen LogP contribution in [0, 0.1) is 0 Å². The summed E-state index contributed by atoms with van der Waals surface area (Å²) in [4.78, 5) is 88.4. The molecule has 4 aliphatic heterocycles. The van der Waals surface area contributed by atoms with E-state index >= 15 is 0 Å². The van der Waals surface area contributed by atoms with E-state index in [9.17, 15) is 38.4 Å². The van der Waals surface area contributed by atoms with Crippen LogP contribution in [0.4, 0.5) is 0 Å². The summed E-state index contributed by atoms with van der Waals surface area (Å²) < 4.78 is 0. The monoisotopic (exact) mass is 843 g/mol. The van der Waals surface area contributed by atoms with Gasteiger partial charge in [0.15, 0.2) is 0 Å². The number of hydrogen-bond donors (Lipinski definition) is 0. The summed E-state index contributed by atoms with van der Waals surface area (Å²) in [5.41, 5.74) is 4.14. The summed E-state index contributed by atoms with van der Waals surface area (Å²) >= 11 is 0. The quantitative estimate of drug-likeness (QED) is 0.247. The van der Waals surface area contributed by atoms with Gasteiger partial charge in [0, 0.05) is 69.1 Å². The molecular formula is C41H78N4O8Y-2. The standard InChI is InChI=1S/2C7H9NO2.2C6H7NO2.2C4H10.7CH4.Y/c2*1-4-5(2)7(10)8(3)6(4)9;2*1-3-4(2)6(9)7-5(3)8;2*1-3-4-2;;;;;;;;/h2*1-3H3;2*1-2H3,(H,7,8,9);2*3-4H2,1-2H3;7*1H4;/p-2. The molecule has 12 nitrogen and oxygen atoms in total. The van der Waals surface area contributed by atoms with Crippen molar-refractivity contribution in [1.82, 2.24) is 9.80 Å². The van der Waals surface area contributed by atoms with E-state index in [0.717, 1.165) is 9.80 Å². The maximum Gasteiger partial charge on any atom is 0.256 e. The molecule has 0 N–H and O–H groups in total. The molecule has 0 unspecified atom stereocenters. The number of unbranched alkanes of at least 4 members (excludes halogenated alkanes) is 2. The first-order chi connectivity index (χ1) is 21.2. The van der Waals surface area contributed by atoms with E-state index in [1.807, 2.05) is 0 Å². The molecule has 0 aliphatic carbocycles. The van der Waals surface area contributed by atoms with Crippen molar-refractivity contribution in [3.05, 3.63) is 55.2 Å². The van der Waals surface area contributed by atoms with Crippen LogP contribution in [-0.4, -0.2) is 71.2 Å². The predicted octanol–water partition coefficient (Wildman–Crippen LogP) is 10.2. The van der Waals surface area contributed by atoms with Crippen LogP contribution in [0.25, 0.3) is 10.6 Å². The predicted molar refractivity (Wildman–Crippen MR) is 224 cm³/mol. The molecule has 0 spiro atoms. The largest absolute Gasteiger partial charge is 0.588 e. The molecule has 8 amide bonds. The van der Waals surface area contributed by atoms with Crippen molar-refractivity contribution in [1.29, 1.82) is 0 Å². The van der Waals surface area contributed by atoms with Gasteiger partial charge in [0.05, 0.1) is 23.6 Å². The number of rotatable bonds is 2. The second-order valence-electron chi connectivity index (χ2n) is 10.8. The Hall–Kier alpha value is -3.38. The summed E-state index contributed by atoms with van der Waals surface area (Å²) in [7, 11) is 2.98. The Labute approximate surface area is 356 Å². The molecule has 4 heterocycles. The van der Waals surface area contributed by atoms with Crippen molar-refractivity contribution in [3.8, 4) is 0 Å². The zero-order chi connectivity index (χ0) is 36.6. The summed E-state index contributed by atoms with van der Waals surface area (Å²) in [6.45, 7) is 21.8. The molecule has 0 fully saturated rings. The molecule has 54 heavy (non-hydrogen) atoms. The number of imide groups is 4. The van der Waals surface area contributed by atoms with Gasteiger partial charge in [-0.2, -0.15) is 0 Å². The molecule has 315 valence electrons. The SMILES string of the molecule is C.C.C.C.C.C.C.CC1=C(C)C(=O)N(C)C1=O.CC1=C(C)C(=O)N(C)C1=O.CC1=C(C)C(=O)[N-]C1=O.CC1=C(C)C(=O)[N-]C1=O.CCCC.CCCC.[Y]. The number of amides is 8. The van der Waals surface area contributed by atoms with Gasteiger partial charge in [0.25, 0.3) is 23.6 Å². The third kappa shape index (κ3) is 22.1. The second kappa shape index (κ2) is 36.6. The minimum atomic E-state index is -0.391. The summed E-state index contributed by atoms with van der Waals surface area (Å²) in [6.07, 6.45) is 5.28. The first-order valence-corrected chi connectivity index (χ1v) is 15.1. The topological polar surface area (TPSA) is 171 Å². The second-order valence-corrected chi connectivity index (χ2v) is 10.8. The van der Waals surface area contributed by atoms with Crippen molar-refractivity contribution in [3.63, 3.8) is 0 Å². The van der Waals surface area contributed by atoms with Gasteiger partial charge in [-0.05, 0) is 77.7 Å². The van der Waals surface area contributed by atoms with E-state index in [2.05, 4.69) is 38.3 Å². The third-order valence-corrected chi connectivity index (χ3v) is 7.44. The number of hydrogen-bond acceptors (Lipinski definition) is 8. The fraction of sp³-hybridized carbons (Fsp3) is 0.610. The van der Waals surface area contributed by atoms with Crippen LogP contribution in [0.1, 0.15) is 161 Å². The first-order valence-electron chi connectivity index (χ1n) is 15.1. The third-order valence-electron chi connectivity index (χ3n) is 7.44. The Morgan fingerprint density at radius 3 is 0.500 bits per heavy atom. The number of likely N-dealkylation sites (N-methyl/N-ethyl adjacent to an activating group) is 2. The van der Waals surface area contributed by atoms with E-state index in [1.54, 1.807) is 55.4 Å². The normalized spacial score (nSPS) is 14.6. The Balaban J connectivity index is -0.0000000536. The van der Waals surface area contributed by atoms with Gasteiger partial charge in [-0.25, -0.2) is 0 Å². The molecule has 0 saturated carbocycles. The van der Waals surface area contributed by atoms with Crippen LogP contribution in [0.3, 0.4) is 0 Å². The van der Waals surface area contributed by atoms with Crippen LogP contribution in [0.5, 0.6) is 0 Å². The Morgan fingerprint density at radius 2 is 0.463 bits per heavy atom. The Bertz CT molecular complexity index is 1190. The van der Waals surface area contributed by atoms with Gasteiger partial charge < -0.3 is 29.8 Å². The summed E-state index contributed by atoms with van der Waals surface area (Å²) in [5, 5.41) is 6.40. The van der Waals surface area contributed by atoms with Crippen LogP contribution < -0.4 is 0 Å².